The second-order valence-electron chi connectivity index (χ2n) is 7.91. The maximum absolute atomic E-state index is 13.2. The lowest BCUT2D eigenvalue weighted by Gasteiger charge is -2.36. The molecular formula is C23H28N4O3S. The Morgan fingerprint density at radius 2 is 2.13 bits per heavy atom. The van der Waals surface area contributed by atoms with Crippen LogP contribution in [0.25, 0.3) is 10.1 Å². The minimum Gasteiger partial charge on any atom is -0.383 e. The predicted octanol–water partition coefficient (Wildman–Crippen LogP) is 3.25. The smallest absolute Gasteiger partial charge is 0.261 e. The van der Waals surface area contributed by atoms with Gasteiger partial charge in [-0.2, -0.15) is 5.10 Å². The van der Waals surface area contributed by atoms with E-state index < -0.39 is 0 Å². The van der Waals surface area contributed by atoms with Crippen LogP contribution in [0, 0.1) is 0 Å². The lowest BCUT2D eigenvalue weighted by molar-refractivity contribution is 0.0614. The van der Waals surface area contributed by atoms with Gasteiger partial charge in [-0.1, -0.05) is 18.2 Å². The van der Waals surface area contributed by atoms with Crippen molar-refractivity contribution in [1.82, 2.24) is 20.0 Å². The minimum atomic E-state index is -0.0748. The maximum atomic E-state index is 13.2. The first-order valence-electron chi connectivity index (χ1n) is 10.7. The number of likely N-dealkylation sites (tertiary alicyclic amines) is 1. The highest BCUT2D eigenvalue weighted by Crippen LogP contribution is 2.34. The molecule has 0 unspecified atom stereocenters. The number of benzene rings is 1. The van der Waals surface area contributed by atoms with Gasteiger partial charge in [0.15, 0.2) is 0 Å². The summed E-state index contributed by atoms with van der Waals surface area (Å²) >= 11 is 1.52. The number of methoxy groups -OCH3 is 1. The number of piperidine rings is 1. The molecule has 4 rings (SSSR count). The number of aryl methyl sites for hydroxylation is 1. The zero-order valence-electron chi connectivity index (χ0n) is 18.0. The Bertz CT molecular complexity index is 1070. The van der Waals surface area contributed by atoms with Crippen molar-refractivity contribution in [3.63, 3.8) is 0 Å². The zero-order chi connectivity index (χ0) is 21.8. The van der Waals surface area contributed by atoms with Crippen molar-refractivity contribution in [1.29, 1.82) is 0 Å². The van der Waals surface area contributed by atoms with Gasteiger partial charge < -0.3 is 15.0 Å². The van der Waals surface area contributed by atoms with Gasteiger partial charge in [-0.3, -0.25) is 14.3 Å². The number of carbonyl (C=O) groups is 2. The second kappa shape index (κ2) is 9.62. The molecule has 1 saturated heterocycles. The molecule has 2 amide bonds. The Labute approximate surface area is 186 Å². The van der Waals surface area contributed by atoms with Gasteiger partial charge in [0.1, 0.15) is 0 Å². The number of carbonyl (C=O) groups excluding carboxylic acids is 2. The fourth-order valence-electron chi connectivity index (χ4n) is 4.25. The number of hydrogen-bond acceptors (Lipinski definition) is 5. The molecule has 0 bridgehead atoms. The van der Waals surface area contributed by atoms with Gasteiger partial charge in [0.25, 0.3) is 11.8 Å². The molecule has 3 heterocycles. The van der Waals surface area contributed by atoms with Crippen LogP contribution < -0.4 is 5.32 Å². The summed E-state index contributed by atoms with van der Waals surface area (Å²) < 4.78 is 7.81. The van der Waals surface area contributed by atoms with E-state index in [2.05, 4.69) is 22.5 Å². The van der Waals surface area contributed by atoms with Crippen LogP contribution >= 0.6 is 11.3 Å². The Morgan fingerprint density at radius 1 is 1.29 bits per heavy atom. The van der Waals surface area contributed by atoms with Crippen molar-refractivity contribution in [2.24, 2.45) is 7.05 Å². The van der Waals surface area contributed by atoms with Crippen LogP contribution in [-0.4, -0.2) is 59.3 Å². The van der Waals surface area contributed by atoms with E-state index >= 15 is 0 Å². The number of hydrogen-bond donors (Lipinski definition) is 1. The van der Waals surface area contributed by atoms with Crippen molar-refractivity contribution in [3.05, 3.63) is 52.7 Å². The maximum Gasteiger partial charge on any atom is 0.261 e. The summed E-state index contributed by atoms with van der Waals surface area (Å²) in [6.45, 7) is 1.68. The molecule has 31 heavy (non-hydrogen) atoms. The predicted molar refractivity (Wildman–Crippen MR) is 122 cm³/mol. The summed E-state index contributed by atoms with van der Waals surface area (Å²) in [5, 5.41) is 8.21. The summed E-state index contributed by atoms with van der Waals surface area (Å²) in [6, 6.07) is 8.18. The van der Waals surface area contributed by atoms with E-state index in [-0.39, 0.29) is 17.9 Å². The molecule has 0 spiro atoms. The molecule has 3 aromatic rings. The largest absolute Gasteiger partial charge is 0.383 e. The summed E-state index contributed by atoms with van der Waals surface area (Å²) in [5.74, 6) is -0.0578. The van der Waals surface area contributed by atoms with Gasteiger partial charge in [0, 0.05) is 44.2 Å². The monoisotopic (exact) mass is 440 g/mol. The second-order valence-corrected chi connectivity index (χ2v) is 8.96. The highest BCUT2D eigenvalue weighted by Gasteiger charge is 2.30. The van der Waals surface area contributed by atoms with Crippen LogP contribution in [-0.2, 0) is 18.2 Å². The molecule has 1 atom stereocenters. The molecule has 0 aliphatic carbocycles. The van der Waals surface area contributed by atoms with Crippen LogP contribution in [0.2, 0.25) is 0 Å². The van der Waals surface area contributed by atoms with Crippen molar-refractivity contribution in [2.45, 2.75) is 31.7 Å². The van der Waals surface area contributed by atoms with Crippen LogP contribution in [0.4, 0.5) is 0 Å². The third-order valence-corrected chi connectivity index (χ3v) is 6.99. The summed E-state index contributed by atoms with van der Waals surface area (Å²) in [6.07, 6.45) is 7.07. The normalized spacial score (nSPS) is 16.6. The number of thiophene rings is 1. The summed E-state index contributed by atoms with van der Waals surface area (Å²) in [7, 11) is 3.43. The molecule has 1 N–H and O–H groups in total. The third-order valence-electron chi connectivity index (χ3n) is 5.78. The van der Waals surface area contributed by atoms with Gasteiger partial charge in [-0.15, -0.1) is 11.3 Å². The van der Waals surface area contributed by atoms with E-state index in [1.807, 2.05) is 24.1 Å². The average Bonchev–Trinajstić information content (AvgIpc) is 3.38. The molecule has 1 aliphatic rings. The fraction of sp³-hybridized carbons (Fsp3) is 0.435. The van der Waals surface area contributed by atoms with Crippen LogP contribution in [0.1, 0.15) is 44.9 Å². The highest BCUT2D eigenvalue weighted by atomic mass is 32.1. The fourth-order valence-corrected chi connectivity index (χ4v) is 5.39. The van der Waals surface area contributed by atoms with Gasteiger partial charge in [0.05, 0.1) is 23.2 Å². The van der Waals surface area contributed by atoms with E-state index in [1.165, 1.54) is 11.3 Å². The van der Waals surface area contributed by atoms with E-state index in [4.69, 9.17) is 4.74 Å². The first-order valence-corrected chi connectivity index (χ1v) is 11.5. The topological polar surface area (TPSA) is 76.5 Å². The molecule has 2 aromatic heterocycles. The quantitative estimate of drug-likeness (QED) is 0.572. The van der Waals surface area contributed by atoms with Crippen molar-refractivity contribution < 1.29 is 14.3 Å². The lowest BCUT2D eigenvalue weighted by Crippen LogP contribution is -2.45. The Morgan fingerprint density at radius 3 is 2.90 bits per heavy atom. The van der Waals surface area contributed by atoms with Gasteiger partial charge >= 0.3 is 0 Å². The first kappa shape index (κ1) is 21.5. The van der Waals surface area contributed by atoms with Crippen LogP contribution in [0.5, 0.6) is 0 Å². The molecule has 0 radical (unpaired) electrons. The SMILES string of the molecule is COCCNC(=O)c1sc2ccccc2c1C[C@@H]1CCCCN1C(=O)c1cnn(C)c1. The van der Waals surface area contributed by atoms with Gasteiger partial charge in [-0.25, -0.2) is 0 Å². The Hall–Kier alpha value is -2.71. The Balaban J connectivity index is 1.63. The number of aromatic nitrogens is 2. The molecule has 8 heteroatoms. The van der Waals surface area contributed by atoms with Crippen LogP contribution in [0.15, 0.2) is 36.7 Å². The zero-order valence-corrected chi connectivity index (χ0v) is 18.8. The number of nitrogens with zero attached hydrogens (tertiary/aromatic N) is 3. The molecule has 0 saturated carbocycles. The number of ether oxygens (including phenoxy) is 1. The third kappa shape index (κ3) is 4.65. The minimum absolute atomic E-state index is 0.0171. The Kier molecular flexibility index (Phi) is 6.67. The van der Waals surface area contributed by atoms with E-state index in [1.54, 1.807) is 24.2 Å². The van der Waals surface area contributed by atoms with Gasteiger partial charge in [0.2, 0.25) is 0 Å². The van der Waals surface area contributed by atoms with E-state index in [9.17, 15) is 9.59 Å². The molecule has 164 valence electrons. The van der Waals surface area contributed by atoms with E-state index in [0.29, 0.717) is 25.1 Å². The number of amides is 2. The van der Waals surface area contributed by atoms with Crippen LogP contribution in [0.3, 0.4) is 0 Å². The molecule has 7 nitrogen and oxygen atoms in total. The van der Waals surface area contributed by atoms with Gasteiger partial charge in [-0.05, 0) is 42.7 Å². The highest BCUT2D eigenvalue weighted by molar-refractivity contribution is 7.21. The summed E-state index contributed by atoms with van der Waals surface area (Å²) in [4.78, 5) is 28.8. The number of rotatable bonds is 7. The molecule has 1 aromatic carbocycles. The number of fused-ring (bicyclic) bond motifs is 1. The number of nitrogens with one attached hydrogen (secondary N) is 1. The van der Waals surface area contributed by atoms with Crippen molar-refractivity contribution in [3.8, 4) is 0 Å². The summed E-state index contributed by atoms with van der Waals surface area (Å²) in [5.41, 5.74) is 1.65. The van der Waals surface area contributed by atoms with E-state index in [0.717, 1.165) is 46.3 Å². The first-order chi connectivity index (χ1) is 15.1. The molecule has 1 fully saturated rings. The molecule has 1 aliphatic heterocycles. The average molecular weight is 441 g/mol. The standard InChI is InChI=1S/C23H28N4O3S/c1-26-15-16(14-25-26)23(29)27-11-6-5-7-17(27)13-19-18-8-3-4-9-20(18)31-21(19)22(28)24-10-12-30-2/h3-4,8-9,14-15,17H,5-7,10-13H2,1-2H3,(H,24,28)/t17-/m0/s1. The van der Waals surface area contributed by atoms with Crippen molar-refractivity contribution >= 4 is 33.2 Å². The van der Waals surface area contributed by atoms with Crippen molar-refractivity contribution in [2.75, 3.05) is 26.8 Å². The lowest BCUT2D eigenvalue weighted by atomic mass is 9.93. The molecular weight excluding hydrogens is 412 g/mol.